The smallest absolute Gasteiger partial charge is 0.407 e. The summed E-state index contributed by atoms with van der Waals surface area (Å²) in [6, 6.07) is 0.363. The fourth-order valence-corrected chi connectivity index (χ4v) is 2.68. The number of hydrogen-bond donors (Lipinski definition) is 2. The Bertz CT molecular complexity index is 395. The van der Waals surface area contributed by atoms with E-state index >= 15 is 0 Å². The van der Waals surface area contributed by atoms with Gasteiger partial charge < -0.3 is 15.2 Å². The van der Waals surface area contributed by atoms with Crippen molar-refractivity contribution in [2.75, 3.05) is 39.3 Å². The second-order valence-corrected chi connectivity index (χ2v) is 7.15. The molecule has 1 aliphatic rings. The highest BCUT2D eigenvalue weighted by Crippen LogP contribution is 2.10. The number of nitrogens with zero attached hydrogens (tertiary/aromatic N) is 2. The lowest BCUT2D eigenvalue weighted by molar-refractivity contribution is -0.139. The van der Waals surface area contributed by atoms with Crippen molar-refractivity contribution in [2.24, 2.45) is 0 Å². The van der Waals surface area contributed by atoms with Crippen LogP contribution in [0.1, 0.15) is 40.5 Å². The Morgan fingerprint density at radius 3 is 2.52 bits per heavy atom. The molecule has 2 N–H and O–H groups in total. The van der Waals surface area contributed by atoms with Crippen molar-refractivity contribution in [1.29, 1.82) is 0 Å². The minimum absolute atomic E-state index is 0.123. The van der Waals surface area contributed by atoms with Gasteiger partial charge in [-0.3, -0.25) is 14.6 Å². The molecule has 0 aromatic rings. The molecule has 0 radical (unpaired) electrons. The minimum atomic E-state index is -0.765. The molecule has 0 spiro atoms. The summed E-state index contributed by atoms with van der Waals surface area (Å²) >= 11 is 0. The topological polar surface area (TPSA) is 82.1 Å². The molecule has 1 rings (SSSR count). The number of carboxylic acids is 1. The lowest BCUT2D eigenvalue weighted by Crippen LogP contribution is -2.53. The summed E-state index contributed by atoms with van der Waals surface area (Å²) in [6.07, 6.45) is 1.54. The van der Waals surface area contributed by atoms with Crippen molar-refractivity contribution < 1.29 is 19.4 Å². The van der Waals surface area contributed by atoms with Crippen molar-refractivity contribution in [3.63, 3.8) is 0 Å². The van der Waals surface area contributed by atoms with Gasteiger partial charge in [-0.2, -0.15) is 0 Å². The van der Waals surface area contributed by atoms with Crippen molar-refractivity contribution in [3.8, 4) is 0 Å². The van der Waals surface area contributed by atoms with Crippen molar-refractivity contribution in [1.82, 2.24) is 15.1 Å². The van der Waals surface area contributed by atoms with Gasteiger partial charge in [0.25, 0.3) is 0 Å². The molecule has 23 heavy (non-hydrogen) atoms. The average molecular weight is 329 g/mol. The van der Waals surface area contributed by atoms with Gasteiger partial charge in [0.15, 0.2) is 0 Å². The van der Waals surface area contributed by atoms with E-state index in [4.69, 9.17) is 9.84 Å². The summed E-state index contributed by atoms with van der Waals surface area (Å²) in [6.45, 7) is 11.9. The van der Waals surface area contributed by atoms with E-state index in [-0.39, 0.29) is 12.6 Å². The fraction of sp³-hybridized carbons (Fsp3) is 0.875. The van der Waals surface area contributed by atoms with Crippen LogP contribution in [-0.2, 0) is 9.53 Å². The zero-order valence-electron chi connectivity index (χ0n) is 14.8. The third-order valence-corrected chi connectivity index (χ3v) is 3.75. The molecule has 1 heterocycles. The molecule has 0 aliphatic carbocycles. The molecule has 0 saturated carbocycles. The van der Waals surface area contributed by atoms with Crippen molar-refractivity contribution in [3.05, 3.63) is 0 Å². The number of carboxylic acid groups (broad SMARTS) is 1. The predicted molar refractivity (Wildman–Crippen MR) is 88.6 cm³/mol. The second kappa shape index (κ2) is 9.08. The van der Waals surface area contributed by atoms with Crippen LogP contribution in [0.2, 0.25) is 0 Å². The number of unbranched alkanes of at least 4 members (excludes halogenated alkanes) is 1. The summed E-state index contributed by atoms with van der Waals surface area (Å²) in [5.74, 6) is -0.765. The van der Waals surface area contributed by atoms with E-state index in [1.54, 1.807) is 0 Å². The van der Waals surface area contributed by atoms with Crippen LogP contribution in [0.4, 0.5) is 4.79 Å². The quantitative estimate of drug-likeness (QED) is 0.687. The lowest BCUT2D eigenvalue weighted by Gasteiger charge is -2.39. The molecule has 1 amide bonds. The molecule has 7 heteroatoms. The molecule has 0 unspecified atom stereocenters. The monoisotopic (exact) mass is 329 g/mol. The van der Waals surface area contributed by atoms with Crippen LogP contribution in [0, 0.1) is 0 Å². The lowest BCUT2D eigenvalue weighted by atomic mass is 10.1. The van der Waals surface area contributed by atoms with Gasteiger partial charge >= 0.3 is 12.1 Å². The highest BCUT2D eigenvalue weighted by Gasteiger charge is 2.24. The van der Waals surface area contributed by atoms with Gasteiger partial charge in [-0.1, -0.05) is 0 Å². The van der Waals surface area contributed by atoms with Crippen LogP contribution in [0.5, 0.6) is 0 Å². The van der Waals surface area contributed by atoms with Crippen molar-refractivity contribution in [2.45, 2.75) is 52.2 Å². The number of piperazine rings is 1. The second-order valence-electron chi connectivity index (χ2n) is 7.15. The highest BCUT2D eigenvalue weighted by molar-refractivity contribution is 5.69. The first-order valence-electron chi connectivity index (χ1n) is 8.32. The van der Waals surface area contributed by atoms with E-state index in [2.05, 4.69) is 17.1 Å². The number of nitrogens with one attached hydrogen (secondary N) is 1. The third-order valence-electron chi connectivity index (χ3n) is 3.75. The van der Waals surface area contributed by atoms with Crippen LogP contribution >= 0.6 is 0 Å². The van der Waals surface area contributed by atoms with Gasteiger partial charge in [0.05, 0.1) is 6.54 Å². The van der Waals surface area contributed by atoms with E-state index in [1.165, 1.54) is 0 Å². The number of aliphatic carboxylic acids is 1. The number of ether oxygens (including phenoxy) is 1. The molecule has 0 aromatic carbocycles. The Morgan fingerprint density at radius 2 is 1.96 bits per heavy atom. The van der Waals surface area contributed by atoms with Gasteiger partial charge in [-0.05, 0) is 47.1 Å². The number of rotatable bonds is 7. The van der Waals surface area contributed by atoms with Gasteiger partial charge in [0, 0.05) is 32.2 Å². The zero-order valence-corrected chi connectivity index (χ0v) is 14.8. The maximum absolute atomic E-state index is 11.5. The normalized spacial score (nSPS) is 20.3. The standard InChI is InChI=1S/C16H31N3O4/c1-13-11-18(12-14(20)21)9-10-19(13)8-6-5-7-17-15(22)23-16(2,3)4/h13H,5-12H2,1-4H3,(H,17,22)(H,20,21)/t13-/m0/s1. The van der Waals surface area contributed by atoms with Crippen LogP contribution < -0.4 is 5.32 Å². The molecule has 134 valence electrons. The minimum Gasteiger partial charge on any atom is -0.480 e. The molecule has 7 nitrogen and oxygen atoms in total. The summed E-state index contributed by atoms with van der Waals surface area (Å²) in [7, 11) is 0. The Labute approximate surface area is 139 Å². The van der Waals surface area contributed by atoms with Crippen LogP contribution in [-0.4, -0.2) is 77.9 Å². The third kappa shape index (κ3) is 8.76. The molecule has 0 bridgehead atoms. The number of carbonyl (C=O) groups excluding carboxylic acids is 1. The van der Waals surface area contributed by atoms with Crippen molar-refractivity contribution >= 4 is 12.1 Å². The SMILES string of the molecule is C[C@H]1CN(CC(=O)O)CCN1CCCCNC(=O)OC(C)(C)C. The predicted octanol–water partition coefficient (Wildman–Crippen LogP) is 1.38. The van der Waals surface area contributed by atoms with E-state index in [1.807, 2.05) is 25.7 Å². The largest absolute Gasteiger partial charge is 0.480 e. The Morgan fingerprint density at radius 1 is 1.26 bits per heavy atom. The fourth-order valence-electron chi connectivity index (χ4n) is 2.68. The van der Waals surface area contributed by atoms with Gasteiger partial charge in [-0.15, -0.1) is 0 Å². The van der Waals surface area contributed by atoms with E-state index < -0.39 is 11.6 Å². The first-order valence-corrected chi connectivity index (χ1v) is 8.32. The number of carbonyl (C=O) groups is 2. The number of amides is 1. The van der Waals surface area contributed by atoms with Gasteiger partial charge in [0.2, 0.25) is 0 Å². The molecular weight excluding hydrogens is 298 g/mol. The molecule has 1 saturated heterocycles. The molecule has 1 aliphatic heterocycles. The van der Waals surface area contributed by atoms with E-state index in [9.17, 15) is 9.59 Å². The first kappa shape index (κ1) is 19.7. The average Bonchev–Trinajstić information content (AvgIpc) is 2.37. The molecular formula is C16H31N3O4. The number of hydrogen-bond acceptors (Lipinski definition) is 5. The molecule has 0 aromatic heterocycles. The summed E-state index contributed by atoms with van der Waals surface area (Å²) < 4.78 is 5.18. The maximum Gasteiger partial charge on any atom is 0.407 e. The summed E-state index contributed by atoms with van der Waals surface area (Å²) in [4.78, 5) is 26.6. The van der Waals surface area contributed by atoms with Crippen LogP contribution in [0.3, 0.4) is 0 Å². The van der Waals surface area contributed by atoms with Crippen LogP contribution in [0.25, 0.3) is 0 Å². The van der Waals surface area contributed by atoms with Crippen LogP contribution in [0.15, 0.2) is 0 Å². The van der Waals surface area contributed by atoms with E-state index in [0.29, 0.717) is 12.6 Å². The summed E-state index contributed by atoms with van der Waals surface area (Å²) in [5.41, 5.74) is -0.463. The molecule has 1 fully saturated rings. The van der Waals surface area contributed by atoms with E-state index in [0.717, 1.165) is 39.0 Å². The molecule has 1 atom stereocenters. The Hall–Kier alpha value is -1.34. The Balaban J connectivity index is 2.12. The summed E-state index contributed by atoms with van der Waals surface area (Å²) in [5, 5.41) is 11.6. The first-order chi connectivity index (χ1) is 10.7. The number of alkyl carbamates (subject to hydrolysis) is 1. The maximum atomic E-state index is 11.5. The van der Waals surface area contributed by atoms with Gasteiger partial charge in [-0.25, -0.2) is 4.79 Å². The Kier molecular flexibility index (Phi) is 7.78. The highest BCUT2D eigenvalue weighted by atomic mass is 16.6. The van der Waals surface area contributed by atoms with Gasteiger partial charge in [0.1, 0.15) is 5.60 Å². The zero-order chi connectivity index (χ0) is 17.5.